The topological polar surface area (TPSA) is 75.1 Å². The number of nitrogens with zero attached hydrogens (tertiary/aromatic N) is 2. The normalized spacial score (nSPS) is 14.3. The van der Waals surface area contributed by atoms with Crippen LogP contribution in [0.5, 0.6) is 0 Å². The molecule has 0 saturated heterocycles. The first kappa shape index (κ1) is 13.6. The second-order valence-electron chi connectivity index (χ2n) is 4.39. The lowest BCUT2D eigenvalue weighted by Crippen LogP contribution is -2.49. The Morgan fingerprint density at radius 2 is 2.18 bits per heavy atom. The Bertz CT molecular complexity index is 378. The summed E-state index contributed by atoms with van der Waals surface area (Å²) in [6.45, 7) is 5.94. The fourth-order valence-electron chi connectivity index (χ4n) is 1.57. The third-order valence-electron chi connectivity index (χ3n) is 2.72. The summed E-state index contributed by atoms with van der Waals surface area (Å²) in [6.07, 6.45) is 4.74. The molecule has 0 aliphatic heterocycles. The maximum Gasteiger partial charge on any atom is 0.323 e. The molecule has 0 bridgehead atoms. The Morgan fingerprint density at radius 3 is 2.65 bits per heavy atom. The Labute approximate surface area is 101 Å². The lowest BCUT2D eigenvalue weighted by atomic mass is 9.96. The highest BCUT2D eigenvalue weighted by Gasteiger charge is 2.31. The Kier molecular flexibility index (Phi) is 4.57. The summed E-state index contributed by atoms with van der Waals surface area (Å²) in [4.78, 5) is 19.5. The number of aromatic nitrogens is 2. The summed E-state index contributed by atoms with van der Waals surface area (Å²) in [5, 5.41) is 12.2. The molecular formula is C12H19N3O2. The summed E-state index contributed by atoms with van der Waals surface area (Å²) in [6, 6.07) is 0. The average Bonchev–Trinajstić information content (AvgIpc) is 2.28. The van der Waals surface area contributed by atoms with Crippen LogP contribution in [-0.4, -0.2) is 26.6 Å². The first-order chi connectivity index (χ1) is 7.98. The van der Waals surface area contributed by atoms with Crippen LogP contribution in [0.15, 0.2) is 12.4 Å². The van der Waals surface area contributed by atoms with Crippen molar-refractivity contribution in [3.8, 4) is 0 Å². The van der Waals surface area contributed by atoms with E-state index in [0.717, 1.165) is 17.8 Å². The van der Waals surface area contributed by atoms with Crippen molar-refractivity contribution in [2.75, 3.05) is 0 Å². The number of carboxylic acid groups (broad SMARTS) is 1. The third kappa shape index (κ3) is 3.78. The predicted molar refractivity (Wildman–Crippen MR) is 64.6 cm³/mol. The number of rotatable bonds is 6. The zero-order valence-electron chi connectivity index (χ0n) is 10.5. The lowest BCUT2D eigenvalue weighted by Gasteiger charge is -2.25. The first-order valence-electron chi connectivity index (χ1n) is 5.74. The molecule has 0 aromatic carbocycles. The van der Waals surface area contributed by atoms with Crippen LogP contribution >= 0.6 is 0 Å². The van der Waals surface area contributed by atoms with Crippen LogP contribution in [0.1, 0.15) is 38.1 Å². The molecule has 0 amide bonds. The molecule has 0 saturated carbocycles. The lowest BCUT2D eigenvalue weighted by molar-refractivity contribution is -0.144. The largest absolute Gasteiger partial charge is 0.480 e. The van der Waals surface area contributed by atoms with Crippen LogP contribution in [0, 0.1) is 6.92 Å². The van der Waals surface area contributed by atoms with Crippen molar-refractivity contribution in [3.05, 3.63) is 23.8 Å². The third-order valence-corrected chi connectivity index (χ3v) is 2.72. The molecular weight excluding hydrogens is 218 g/mol. The summed E-state index contributed by atoms with van der Waals surface area (Å²) in [5.74, 6) is -0.834. The van der Waals surface area contributed by atoms with Crippen molar-refractivity contribution in [3.63, 3.8) is 0 Å². The molecule has 1 aromatic heterocycles. The average molecular weight is 237 g/mol. The molecule has 0 aliphatic carbocycles. The minimum Gasteiger partial charge on any atom is -0.480 e. The van der Waals surface area contributed by atoms with E-state index in [1.807, 2.05) is 13.8 Å². The van der Waals surface area contributed by atoms with E-state index in [1.54, 1.807) is 19.3 Å². The highest BCUT2D eigenvalue weighted by molar-refractivity contribution is 5.78. The quantitative estimate of drug-likeness (QED) is 0.784. The number of aryl methyl sites for hydroxylation is 1. The zero-order valence-corrected chi connectivity index (χ0v) is 10.5. The molecule has 17 heavy (non-hydrogen) atoms. The smallest absolute Gasteiger partial charge is 0.323 e. The fraction of sp³-hybridized carbons (Fsp3) is 0.583. The highest BCUT2D eigenvalue weighted by Crippen LogP contribution is 2.13. The molecule has 0 aliphatic rings. The van der Waals surface area contributed by atoms with Gasteiger partial charge in [-0.3, -0.25) is 20.1 Å². The molecule has 1 atom stereocenters. The van der Waals surface area contributed by atoms with Crippen LogP contribution < -0.4 is 5.32 Å². The summed E-state index contributed by atoms with van der Waals surface area (Å²) < 4.78 is 0. The standard InChI is InChI=1S/C12H19N3O2/c1-4-5-12(3,11(16)17)15-8-10-7-13-9(2)6-14-10/h6-7,15H,4-5,8H2,1-3H3,(H,16,17). The molecule has 5 nitrogen and oxygen atoms in total. The summed E-state index contributed by atoms with van der Waals surface area (Å²) in [5.41, 5.74) is 0.698. The van der Waals surface area contributed by atoms with E-state index in [0.29, 0.717) is 13.0 Å². The van der Waals surface area contributed by atoms with E-state index in [1.165, 1.54) is 0 Å². The van der Waals surface area contributed by atoms with Gasteiger partial charge in [-0.25, -0.2) is 0 Å². The van der Waals surface area contributed by atoms with Crippen LogP contribution in [-0.2, 0) is 11.3 Å². The molecule has 0 radical (unpaired) electrons. The number of carboxylic acids is 1. The minimum absolute atomic E-state index is 0.413. The molecule has 2 N–H and O–H groups in total. The van der Waals surface area contributed by atoms with Gasteiger partial charge in [0.2, 0.25) is 0 Å². The monoisotopic (exact) mass is 237 g/mol. The van der Waals surface area contributed by atoms with Crippen molar-refractivity contribution in [1.29, 1.82) is 0 Å². The Balaban J connectivity index is 2.64. The van der Waals surface area contributed by atoms with Crippen LogP contribution in [0.2, 0.25) is 0 Å². The van der Waals surface area contributed by atoms with Crippen molar-refractivity contribution < 1.29 is 9.90 Å². The van der Waals surface area contributed by atoms with Gasteiger partial charge in [-0.05, 0) is 20.3 Å². The van der Waals surface area contributed by atoms with Gasteiger partial charge in [-0.15, -0.1) is 0 Å². The van der Waals surface area contributed by atoms with Crippen LogP contribution in [0.4, 0.5) is 0 Å². The summed E-state index contributed by atoms with van der Waals surface area (Å²) >= 11 is 0. The molecule has 1 aromatic rings. The highest BCUT2D eigenvalue weighted by atomic mass is 16.4. The van der Waals surface area contributed by atoms with E-state index in [-0.39, 0.29) is 0 Å². The van der Waals surface area contributed by atoms with Crippen LogP contribution in [0.3, 0.4) is 0 Å². The maximum atomic E-state index is 11.2. The van der Waals surface area contributed by atoms with Gasteiger partial charge >= 0.3 is 5.97 Å². The van der Waals surface area contributed by atoms with E-state index in [9.17, 15) is 9.90 Å². The van der Waals surface area contributed by atoms with E-state index in [4.69, 9.17) is 0 Å². The Hall–Kier alpha value is -1.49. The van der Waals surface area contributed by atoms with Gasteiger partial charge in [0.25, 0.3) is 0 Å². The zero-order chi connectivity index (χ0) is 12.9. The predicted octanol–water partition coefficient (Wildman–Crippen LogP) is 1.52. The molecule has 1 unspecified atom stereocenters. The number of nitrogens with one attached hydrogen (secondary N) is 1. The number of hydrogen-bond acceptors (Lipinski definition) is 4. The number of aliphatic carboxylic acids is 1. The van der Waals surface area contributed by atoms with E-state index >= 15 is 0 Å². The fourth-order valence-corrected chi connectivity index (χ4v) is 1.57. The molecule has 94 valence electrons. The van der Waals surface area contributed by atoms with Crippen molar-refractivity contribution >= 4 is 5.97 Å². The SMILES string of the molecule is CCCC(C)(NCc1cnc(C)cn1)C(=O)O. The minimum atomic E-state index is -0.901. The van der Waals surface area contributed by atoms with Gasteiger partial charge in [-0.1, -0.05) is 13.3 Å². The van der Waals surface area contributed by atoms with Gasteiger partial charge in [0.15, 0.2) is 0 Å². The van der Waals surface area contributed by atoms with Gasteiger partial charge in [-0.2, -0.15) is 0 Å². The van der Waals surface area contributed by atoms with Crippen molar-refractivity contribution in [2.24, 2.45) is 0 Å². The second kappa shape index (κ2) is 5.72. The summed E-state index contributed by atoms with van der Waals surface area (Å²) in [7, 11) is 0. The second-order valence-corrected chi connectivity index (χ2v) is 4.39. The van der Waals surface area contributed by atoms with Gasteiger partial charge in [0.05, 0.1) is 11.4 Å². The molecule has 1 heterocycles. The van der Waals surface area contributed by atoms with Crippen molar-refractivity contribution in [2.45, 2.75) is 45.7 Å². The van der Waals surface area contributed by atoms with Crippen molar-refractivity contribution in [1.82, 2.24) is 15.3 Å². The molecule has 1 rings (SSSR count). The van der Waals surface area contributed by atoms with E-state index in [2.05, 4.69) is 15.3 Å². The van der Waals surface area contributed by atoms with Gasteiger partial charge in [0, 0.05) is 18.9 Å². The Morgan fingerprint density at radius 1 is 1.47 bits per heavy atom. The molecule has 0 spiro atoms. The maximum absolute atomic E-state index is 11.2. The number of hydrogen-bond donors (Lipinski definition) is 2. The van der Waals surface area contributed by atoms with E-state index < -0.39 is 11.5 Å². The first-order valence-corrected chi connectivity index (χ1v) is 5.74. The number of carbonyl (C=O) groups is 1. The van der Waals surface area contributed by atoms with Crippen LogP contribution in [0.25, 0.3) is 0 Å². The van der Waals surface area contributed by atoms with Gasteiger partial charge in [0.1, 0.15) is 5.54 Å². The molecule has 5 heteroatoms. The van der Waals surface area contributed by atoms with Gasteiger partial charge < -0.3 is 5.11 Å². The molecule has 0 fully saturated rings.